The van der Waals surface area contributed by atoms with E-state index in [9.17, 15) is 9.59 Å². The highest BCUT2D eigenvalue weighted by Gasteiger charge is 2.30. The molecule has 1 aliphatic carbocycles. The number of carbonyl (C=O) groups excluding carboxylic acids is 2. The van der Waals surface area contributed by atoms with E-state index in [1.165, 1.54) is 6.42 Å². The monoisotopic (exact) mass is 474 g/mol. The molecule has 32 heavy (non-hydrogen) atoms. The van der Waals surface area contributed by atoms with E-state index in [0.717, 1.165) is 42.4 Å². The molecule has 1 fully saturated rings. The Balaban J connectivity index is 1.83. The minimum Gasteiger partial charge on any atom is -0.352 e. The summed E-state index contributed by atoms with van der Waals surface area (Å²) in [6.45, 7) is 4.22. The summed E-state index contributed by atoms with van der Waals surface area (Å²) in [5.74, 6) is -0.174. The first kappa shape index (κ1) is 24.6. The van der Waals surface area contributed by atoms with Crippen LogP contribution in [0, 0.1) is 6.92 Å². The van der Waals surface area contributed by atoms with Gasteiger partial charge in [-0.15, -0.1) is 0 Å². The van der Waals surface area contributed by atoms with Crippen molar-refractivity contribution in [3.63, 3.8) is 0 Å². The van der Waals surface area contributed by atoms with Crippen LogP contribution in [0.4, 0.5) is 0 Å². The molecule has 0 aliphatic heterocycles. The van der Waals surface area contributed by atoms with Crippen molar-refractivity contribution >= 4 is 35.0 Å². The summed E-state index contributed by atoms with van der Waals surface area (Å²) in [7, 11) is 0. The Morgan fingerprint density at radius 3 is 2.38 bits per heavy atom. The first-order valence-corrected chi connectivity index (χ1v) is 12.2. The maximum atomic E-state index is 13.5. The number of hydrogen-bond acceptors (Lipinski definition) is 2. The van der Waals surface area contributed by atoms with Crippen LogP contribution in [0.25, 0.3) is 0 Å². The quantitative estimate of drug-likeness (QED) is 0.502. The van der Waals surface area contributed by atoms with Crippen molar-refractivity contribution in [1.29, 1.82) is 0 Å². The summed E-state index contributed by atoms with van der Waals surface area (Å²) in [6.07, 6.45) is 6.27. The van der Waals surface area contributed by atoms with Gasteiger partial charge >= 0.3 is 0 Å². The lowest BCUT2D eigenvalue weighted by Gasteiger charge is -2.33. The van der Waals surface area contributed by atoms with Crippen molar-refractivity contribution in [2.45, 2.75) is 77.4 Å². The van der Waals surface area contributed by atoms with E-state index in [2.05, 4.69) is 5.32 Å². The van der Waals surface area contributed by atoms with Crippen LogP contribution in [-0.2, 0) is 22.6 Å². The van der Waals surface area contributed by atoms with Crippen LogP contribution in [0.5, 0.6) is 0 Å². The van der Waals surface area contributed by atoms with Gasteiger partial charge in [-0.05, 0) is 49.4 Å². The fourth-order valence-electron chi connectivity index (χ4n) is 4.28. The fourth-order valence-corrected chi connectivity index (χ4v) is 4.75. The molecule has 0 saturated heterocycles. The molecule has 1 aliphatic rings. The van der Waals surface area contributed by atoms with Crippen molar-refractivity contribution in [2.75, 3.05) is 0 Å². The molecule has 0 heterocycles. The summed E-state index contributed by atoms with van der Waals surface area (Å²) in [4.78, 5) is 28.4. The van der Waals surface area contributed by atoms with Gasteiger partial charge in [0.05, 0.1) is 6.42 Å². The van der Waals surface area contributed by atoms with Gasteiger partial charge in [0.1, 0.15) is 6.04 Å². The van der Waals surface area contributed by atoms with E-state index in [0.29, 0.717) is 16.5 Å². The number of hydrogen-bond donors (Lipinski definition) is 1. The molecule has 2 aromatic carbocycles. The van der Waals surface area contributed by atoms with Crippen LogP contribution in [0.15, 0.2) is 42.5 Å². The lowest BCUT2D eigenvalue weighted by Crippen LogP contribution is -2.52. The highest BCUT2D eigenvalue weighted by molar-refractivity contribution is 6.35. The summed E-state index contributed by atoms with van der Waals surface area (Å²) in [5, 5.41) is 4.23. The van der Waals surface area contributed by atoms with Crippen molar-refractivity contribution < 1.29 is 9.59 Å². The van der Waals surface area contributed by atoms with Gasteiger partial charge in [-0.1, -0.05) is 85.3 Å². The standard InChI is InChI=1S/C26H32Cl2N2O2/c1-3-24(26(32)29-22-7-5-4-6-8-22)30(17-20-13-14-21(27)16-23(20)28)25(31)15-19-11-9-18(2)10-12-19/h9-14,16,22,24H,3-8,15,17H2,1-2H3,(H,29,32)/t24-/m0/s1. The first-order valence-electron chi connectivity index (χ1n) is 11.5. The third-order valence-electron chi connectivity index (χ3n) is 6.17. The Labute approximate surface area is 201 Å². The molecule has 0 radical (unpaired) electrons. The van der Waals surface area contributed by atoms with E-state index in [1.807, 2.05) is 44.2 Å². The molecule has 1 atom stereocenters. The summed E-state index contributed by atoms with van der Waals surface area (Å²) in [6, 6.07) is 12.8. The van der Waals surface area contributed by atoms with Gasteiger partial charge in [-0.3, -0.25) is 9.59 Å². The van der Waals surface area contributed by atoms with Crippen LogP contribution < -0.4 is 5.32 Å². The summed E-state index contributed by atoms with van der Waals surface area (Å²) in [5.41, 5.74) is 2.84. The molecule has 4 nitrogen and oxygen atoms in total. The van der Waals surface area contributed by atoms with E-state index < -0.39 is 6.04 Å². The molecule has 172 valence electrons. The lowest BCUT2D eigenvalue weighted by molar-refractivity contribution is -0.141. The molecule has 3 rings (SSSR count). The highest BCUT2D eigenvalue weighted by Crippen LogP contribution is 2.25. The third-order valence-corrected chi connectivity index (χ3v) is 6.76. The smallest absolute Gasteiger partial charge is 0.243 e. The van der Waals surface area contributed by atoms with Gasteiger partial charge in [-0.25, -0.2) is 0 Å². The summed E-state index contributed by atoms with van der Waals surface area (Å²) >= 11 is 12.5. The van der Waals surface area contributed by atoms with Gasteiger partial charge in [0.15, 0.2) is 0 Å². The number of carbonyl (C=O) groups is 2. The number of halogens is 2. The zero-order valence-electron chi connectivity index (χ0n) is 18.9. The molecule has 0 bridgehead atoms. The normalized spacial score (nSPS) is 15.2. The number of aryl methyl sites for hydroxylation is 1. The van der Waals surface area contributed by atoms with E-state index >= 15 is 0 Å². The Morgan fingerprint density at radius 2 is 1.75 bits per heavy atom. The highest BCUT2D eigenvalue weighted by atomic mass is 35.5. The number of nitrogens with one attached hydrogen (secondary N) is 1. The SMILES string of the molecule is CC[C@@H](C(=O)NC1CCCCC1)N(Cc1ccc(Cl)cc1Cl)C(=O)Cc1ccc(C)cc1. The zero-order chi connectivity index (χ0) is 23.1. The average molecular weight is 475 g/mol. The second kappa shape index (κ2) is 11.7. The number of rotatable bonds is 8. The first-order chi connectivity index (χ1) is 15.4. The van der Waals surface area contributed by atoms with Gasteiger partial charge < -0.3 is 10.2 Å². The Kier molecular flexibility index (Phi) is 9.01. The van der Waals surface area contributed by atoms with Crippen molar-refractivity contribution in [3.8, 4) is 0 Å². The largest absolute Gasteiger partial charge is 0.352 e. The fraction of sp³-hybridized carbons (Fsp3) is 0.462. The van der Waals surface area contributed by atoms with Crippen LogP contribution in [0.1, 0.15) is 62.1 Å². The Morgan fingerprint density at radius 1 is 1.06 bits per heavy atom. The molecule has 1 saturated carbocycles. The lowest BCUT2D eigenvalue weighted by atomic mass is 9.95. The molecule has 6 heteroatoms. The van der Waals surface area contributed by atoms with Crippen LogP contribution in [0.3, 0.4) is 0 Å². The summed E-state index contributed by atoms with van der Waals surface area (Å²) < 4.78 is 0. The minimum atomic E-state index is -0.554. The number of nitrogens with zero attached hydrogens (tertiary/aromatic N) is 1. The van der Waals surface area contributed by atoms with Gasteiger partial charge in [0, 0.05) is 22.6 Å². The van der Waals surface area contributed by atoms with Gasteiger partial charge in [0.25, 0.3) is 0 Å². The molecule has 0 spiro atoms. The van der Waals surface area contributed by atoms with Crippen LogP contribution in [-0.4, -0.2) is 28.8 Å². The Bertz CT molecular complexity index is 924. The molecular weight excluding hydrogens is 443 g/mol. The number of amides is 2. The maximum Gasteiger partial charge on any atom is 0.243 e. The Hall–Kier alpha value is -2.04. The zero-order valence-corrected chi connectivity index (χ0v) is 20.4. The molecular formula is C26H32Cl2N2O2. The van der Waals surface area contributed by atoms with Gasteiger partial charge in [-0.2, -0.15) is 0 Å². The van der Waals surface area contributed by atoms with Crippen molar-refractivity contribution in [1.82, 2.24) is 10.2 Å². The predicted molar refractivity (Wildman–Crippen MR) is 131 cm³/mol. The topological polar surface area (TPSA) is 49.4 Å². The van der Waals surface area contributed by atoms with Gasteiger partial charge in [0.2, 0.25) is 11.8 Å². The molecule has 0 unspecified atom stereocenters. The average Bonchev–Trinajstić information content (AvgIpc) is 2.77. The molecule has 0 aromatic heterocycles. The van der Waals surface area contributed by atoms with E-state index in [-0.39, 0.29) is 30.8 Å². The second-order valence-electron chi connectivity index (χ2n) is 8.69. The molecule has 1 N–H and O–H groups in total. The predicted octanol–water partition coefficient (Wildman–Crippen LogP) is 6.10. The maximum absolute atomic E-state index is 13.5. The number of benzene rings is 2. The molecule has 2 aromatic rings. The van der Waals surface area contributed by atoms with E-state index in [4.69, 9.17) is 23.2 Å². The van der Waals surface area contributed by atoms with Crippen LogP contribution in [0.2, 0.25) is 10.0 Å². The second-order valence-corrected chi connectivity index (χ2v) is 9.53. The molecule has 2 amide bonds. The third kappa shape index (κ3) is 6.73. The van der Waals surface area contributed by atoms with Crippen LogP contribution >= 0.6 is 23.2 Å². The van der Waals surface area contributed by atoms with Crippen molar-refractivity contribution in [3.05, 3.63) is 69.2 Å². The van der Waals surface area contributed by atoms with E-state index in [1.54, 1.807) is 17.0 Å². The minimum absolute atomic E-state index is 0.0817. The van der Waals surface area contributed by atoms with Crippen molar-refractivity contribution in [2.24, 2.45) is 0 Å².